The lowest BCUT2D eigenvalue weighted by Gasteiger charge is -2.37. The number of fused-ring (bicyclic) bond motifs is 1. The molecule has 0 bridgehead atoms. The molecule has 5 rings (SSSR count). The van der Waals surface area contributed by atoms with Crippen LogP contribution in [0.5, 0.6) is 11.5 Å². The van der Waals surface area contributed by atoms with Crippen molar-refractivity contribution in [3.05, 3.63) is 71.0 Å². The van der Waals surface area contributed by atoms with E-state index < -0.39 is 6.04 Å². The predicted octanol–water partition coefficient (Wildman–Crippen LogP) is 2.55. The zero-order valence-corrected chi connectivity index (χ0v) is 17.8. The maximum absolute atomic E-state index is 13.2. The molecule has 8 nitrogen and oxygen atoms in total. The standard InChI is InChI=1S/C24H24N4O4/c1-17(24(30)27-13-11-26(12-14-27)19-5-3-2-4-6-19)28-23(29)10-8-20(25-28)18-7-9-21-22(15-18)32-16-31-21/h2-10,15,17H,11-14,16H2,1H3. The molecule has 1 unspecified atom stereocenters. The summed E-state index contributed by atoms with van der Waals surface area (Å²) in [6.07, 6.45) is 0. The number of benzene rings is 2. The third-order valence-corrected chi connectivity index (χ3v) is 5.93. The molecule has 0 N–H and O–H groups in total. The fourth-order valence-corrected chi connectivity index (χ4v) is 4.11. The van der Waals surface area contributed by atoms with Gasteiger partial charge in [-0.25, -0.2) is 4.68 Å². The van der Waals surface area contributed by atoms with Crippen molar-refractivity contribution < 1.29 is 14.3 Å². The Morgan fingerprint density at radius 2 is 1.69 bits per heavy atom. The van der Waals surface area contributed by atoms with Crippen molar-refractivity contribution in [2.75, 3.05) is 37.9 Å². The Kier molecular flexibility index (Phi) is 5.26. The molecule has 2 aromatic carbocycles. The largest absolute Gasteiger partial charge is 0.454 e. The summed E-state index contributed by atoms with van der Waals surface area (Å²) in [7, 11) is 0. The smallest absolute Gasteiger partial charge is 0.267 e. The van der Waals surface area contributed by atoms with Crippen molar-refractivity contribution in [3.8, 4) is 22.8 Å². The summed E-state index contributed by atoms with van der Waals surface area (Å²) in [5, 5.41) is 4.50. The third kappa shape index (κ3) is 3.79. The third-order valence-electron chi connectivity index (χ3n) is 5.93. The highest BCUT2D eigenvalue weighted by Gasteiger charge is 2.27. The molecule has 1 aromatic heterocycles. The van der Waals surface area contributed by atoms with Crippen molar-refractivity contribution in [2.24, 2.45) is 0 Å². The lowest BCUT2D eigenvalue weighted by molar-refractivity contribution is -0.135. The predicted molar refractivity (Wildman–Crippen MR) is 120 cm³/mol. The summed E-state index contributed by atoms with van der Waals surface area (Å²) in [5.41, 5.74) is 2.23. The highest BCUT2D eigenvalue weighted by Crippen LogP contribution is 2.35. The number of piperazine rings is 1. The minimum absolute atomic E-state index is 0.102. The number of para-hydroxylation sites is 1. The van der Waals surface area contributed by atoms with Crippen molar-refractivity contribution >= 4 is 11.6 Å². The average molecular weight is 432 g/mol. The van der Waals surface area contributed by atoms with Crippen molar-refractivity contribution in [2.45, 2.75) is 13.0 Å². The van der Waals surface area contributed by atoms with Crippen LogP contribution in [0.1, 0.15) is 13.0 Å². The minimum atomic E-state index is -0.695. The van der Waals surface area contributed by atoms with Crippen LogP contribution in [-0.4, -0.2) is 53.6 Å². The van der Waals surface area contributed by atoms with E-state index in [1.807, 2.05) is 41.3 Å². The van der Waals surface area contributed by atoms with Gasteiger partial charge in [-0.05, 0) is 43.3 Å². The fourth-order valence-electron chi connectivity index (χ4n) is 4.11. The molecule has 32 heavy (non-hydrogen) atoms. The molecule has 3 aromatic rings. The number of ether oxygens (including phenoxy) is 2. The SMILES string of the molecule is CC(C(=O)N1CCN(c2ccccc2)CC1)n1nc(-c2ccc3c(c2)OCO3)ccc1=O. The number of rotatable bonds is 4. The number of hydrogen-bond acceptors (Lipinski definition) is 6. The Bertz CT molecular complexity index is 1190. The number of amides is 1. The minimum Gasteiger partial charge on any atom is -0.454 e. The Balaban J connectivity index is 1.32. The Morgan fingerprint density at radius 3 is 2.47 bits per heavy atom. The Hall–Kier alpha value is -3.81. The Labute approximate surface area is 185 Å². The highest BCUT2D eigenvalue weighted by molar-refractivity contribution is 5.80. The van der Waals surface area contributed by atoms with Crippen molar-refractivity contribution in [1.82, 2.24) is 14.7 Å². The van der Waals surface area contributed by atoms with Gasteiger partial charge in [-0.15, -0.1) is 0 Å². The molecule has 0 saturated carbocycles. The molecule has 8 heteroatoms. The molecule has 1 atom stereocenters. The first kappa shape index (κ1) is 20.1. The molecule has 1 fully saturated rings. The van der Waals surface area contributed by atoms with Crippen LogP contribution in [0.3, 0.4) is 0 Å². The average Bonchev–Trinajstić information content (AvgIpc) is 3.32. The van der Waals surface area contributed by atoms with Gasteiger partial charge in [0.2, 0.25) is 12.7 Å². The number of anilines is 1. The summed E-state index contributed by atoms with van der Waals surface area (Å²) in [5.74, 6) is 1.22. The molecule has 0 aliphatic carbocycles. The molecule has 1 saturated heterocycles. The maximum atomic E-state index is 13.2. The van der Waals surface area contributed by atoms with E-state index in [1.54, 1.807) is 13.0 Å². The number of aromatic nitrogens is 2. The lowest BCUT2D eigenvalue weighted by atomic mass is 10.1. The van der Waals surface area contributed by atoms with E-state index in [2.05, 4.69) is 22.1 Å². The fraction of sp³-hybridized carbons (Fsp3) is 0.292. The van der Waals surface area contributed by atoms with Gasteiger partial charge in [-0.1, -0.05) is 18.2 Å². The quantitative estimate of drug-likeness (QED) is 0.631. The van der Waals surface area contributed by atoms with Crippen molar-refractivity contribution in [1.29, 1.82) is 0 Å². The molecule has 3 heterocycles. The second kappa shape index (κ2) is 8.37. The zero-order valence-electron chi connectivity index (χ0n) is 17.8. The first-order chi connectivity index (χ1) is 15.6. The summed E-state index contributed by atoms with van der Waals surface area (Å²) in [6, 6.07) is 18.1. The van der Waals surface area contributed by atoms with E-state index in [-0.39, 0.29) is 18.3 Å². The normalized spacial score (nSPS) is 16.2. The van der Waals surface area contributed by atoms with Gasteiger partial charge in [-0.3, -0.25) is 9.59 Å². The van der Waals surface area contributed by atoms with Gasteiger partial charge in [0.1, 0.15) is 6.04 Å². The molecule has 0 radical (unpaired) electrons. The van der Waals surface area contributed by atoms with Crippen LogP contribution in [0.4, 0.5) is 5.69 Å². The van der Waals surface area contributed by atoms with Gasteiger partial charge < -0.3 is 19.3 Å². The van der Waals surface area contributed by atoms with E-state index in [4.69, 9.17) is 9.47 Å². The molecular weight excluding hydrogens is 408 g/mol. The summed E-state index contributed by atoms with van der Waals surface area (Å²) in [6.45, 7) is 4.63. The second-order valence-electron chi connectivity index (χ2n) is 7.89. The first-order valence-corrected chi connectivity index (χ1v) is 10.7. The van der Waals surface area contributed by atoms with Crippen LogP contribution in [0.15, 0.2) is 65.5 Å². The Morgan fingerprint density at radius 1 is 0.938 bits per heavy atom. The second-order valence-corrected chi connectivity index (χ2v) is 7.89. The number of carbonyl (C=O) groups is 1. The van der Waals surface area contributed by atoms with Crippen LogP contribution in [0.2, 0.25) is 0 Å². The van der Waals surface area contributed by atoms with E-state index in [0.717, 1.165) is 24.3 Å². The zero-order chi connectivity index (χ0) is 22.1. The van der Waals surface area contributed by atoms with Crippen LogP contribution >= 0.6 is 0 Å². The van der Waals surface area contributed by atoms with Crippen LogP contribution < -0.4 is 19.9 Å². The topological polar surface area (TPSA) is 76.9 Å². The van der Waals surface area contributed by atoms with Crippen LogP contribution in [0.25, 0.3) is 11.3 Å². The van der Waals surface area contributed by atoms with Gasteiger partial charge in [0.25, 0.3) is 5.56 Å². The monoisotopic (exact) mass is 432 g/mol. The molecule has 2 aliphatic heterocycles. The van der Waals surface area contributed by atoms with Crippen LogP contribution in [-0.2, 0) is 4.79 Å². The highest BCUT2D eigenvalue weighted by atomic mass is 16.7. The maximum Gasteiger partial charge on any atom is 0.267 e. The first-order valence-electron chi connectivity index (χ1n) is 10.7. The molecule has 0 spiro atoms. The van der Waals surface area contributed by atoms with Gasteiger partial charge in [0.15, 0.2) is 11.5 Å². The van der Waals surface area contributed by atoms with Crippen LogP contribution in [0, 0.1) is 0 Å². The van der Waals surface area contributed by atoms with Gasteiger partial charge in [0, 0.05) is 43.5 Å². The van der Waals surface area contributed by atoms with Gasteiger partial charge in [-0.2, -0.15) is 5.10 Å². The molecule has 1 amide bonds. The summed E-state index contributed by atoms with van der Waals surface area (Å²) in [4.78, 5) is 29.8. The van der Waals surface area contributed by atoms with E-state index in [0.29, 0.717) is 30.3 Å². The van der Waals surface area contributed by atoms with E-state index >= 15 is 0 Å². The van der Waals surface area contributed by atoms with E-state index in [9.17, 15) is 9.59 Å². The number of carbonyl (C=O) groups excluding carboxylic acids is 1. The van der Waals surface area contributed by atoms with E-state index in [1.165, 1.54) is 10.7 Å². The molecule has 164 valence electrons. The molecule has 2 aliphatic rings. The molecular formula is C24H24N4O4. The van der Waals surface area contributed by atoms with Gasteiger partial charge >= 0.3 is 0 Å². The number of nitrogens with zero attached hydrogens (tertiary/aromatic N) is 4. The van der Waals surface area contributed by atoms with Gasteiger partial charge in [0.05, 0.1) is 5.69 Å². The number of hydrogen-bond donors (Lipinski definition) is 0. The lowest BCUT2D eigenvalue weighted by Crippen LogP contribution is -2.51. The summed E-state index contributed by atoms with van der Waals surface area (Å²) >= 11 is 0. The summed E-state index contributed by atoms with van der Waals surface area (Å²) < 4.78 is 12.1. The van der Waals surface area contributed by atoms with Crippen molar-refractivity contribution in [3.63, 3.8) is 0 Å².